The molecular weight excluding hydrogens is 382 g/mol. The number of rotatable bonds is 6. The lowest BCUT2D eigenvalue weighted by Crippen LogP contribution is -2.45. The van der Waals surface area contributed by atoms with Gasteiger partial charge >= 0.3 is 0 Å². The van der Waals surface area contributed by atoms with E-state index in [1.54, 1.807) is 30.3 Å². The van der Waals surface area contributed by atoms with Crippen molar-refractivity contribution in [2.24, 2.45) is 0 Å². The van der Waals surface area contributed by atoms with Crippen LogP contribution in [0.25, 0.3) is 5.69 Å². The van der Waals surface area contributed by atoms with Crippen molar-refractivity contribution in [1.82, 2.24) is 9.47 Å². The summed E-state index contributed by atoms with van der Waals surface area (Å²) in [5.74, 6) is -0.392. The molecule has 0 radical (unpaired) electrons. The Balaban J connectivity index is 1.46. The van der Waals surface area contributed by atoms with E-state index in [-0.39, 0.29) is 25.4 Å². The van der Waals surface area contributed by atoms with Gasteiger partial charge in [-0.1, -0.05) is 30.3 Å². The van der Waals surface area contributed by atoms with Gasteiger partial charge in [0.2, 0.25) is 5.91 Å². The smallest absolute Gasteiger partial charge is 0.261 e. The summed E-state index contributed by atoms with van der Waals surface area (Å²) in [5, 5.41) is 2.87. The Bertz CT molecular complexity index is 1050. The zero-order chi connectivity index (χ0) is 20.9. The number of aromatic nitrogens is 1. The van der Waals surface area contributed by atoms with E-state index >= 15 is 0 Å². The van der Waals surface area contributed by atoms with Crippen LogP contribution in [0.4, 0.5) is 5.69 Å². The molecule has 0 saturated carbocycles. The number of nitrogens with zero attached hydrogens (tertiary/aromatic N) is 2. The molecule has 0 aliphatic carbocycles. The van der Waals surface area contributed by atoms with Gasteiger partial charge in [-0.25, -0.2) is 0 Å². The van der Waals surface area contributed by atoms with Crippen molar-refractivity contribution in [2.45, 2.75) is 12.5 Å². The van der Waals surface area contributed by atoms with E-state index in [9.17, 15) is 14.4 Å². The van der Waals surface area contributed by atoms with Gasteiger partial charge in [0.15, 0.2) is 12.4 Å². The van der Waals surface area contributed by atoms with Crippen LogP contribution in [-0.4, -0.2) is 46.3 Å². The van der Waals surface area contributed by atoms with Gasteiger partial charge in [0, 0.05) is 18.8 Å². The highest BCUT2D eigenvalue weighted by Gasteiger charge is 2.39. The summed E-state index contributed by atoms with van der Waals surface area (Å²) in [5.41, 5.74) is 1.40. The van der Waals surface area contributed by atoms with E-state index < -0.39 is 17.9 Å². The fourth-order valence-corrected chi connectivity index (χ4v) is 3.45. The van der Waals surface area contributed by atoms with Crippen molar-refractivity contribution < 1.29 is 19.1 Å². The second kappa shape index (κ2) is 8.65. The Labute approximate surface area is 173 Å². The van der Waals surface area contributed by atoms with Crippen molar-refractivity contribution >= 4 is 23.3 Å². The topological polar surface area (TPSA) is 80.6 Å². The lowest BCUT2D eigenvalue weighted by molar-refractivity contribution is -0.138. The van der Waals surface area contributed by atoms with Crippen LogP contribution in [0, 0.1) is 0 Å². The predicted octanol–water partition coefficient (Wildman–Crippen LogP) is 2.66. The number of carbonyl (C=O) groups excluding carboxylic acids is 3. The molecule has 30 heavy (non-hydrogen) atoms. The fourth-order valence-electron chi connectivity index (χ4n) is 3.45. The number of ketones is 1. The summed E-state index contributed by atoms with van der Waals surface area (Å²) in [7, 11) is 0. The number of carbonyl (C=O) groups is 3. The van der Waals surface area contributed by atoms with E-state index in [0.717, 1.165) is 5.69 Å². The molecular formula is C23H21N3O4. The van der Waals surface area contributed by atoms with Crippen molar-refractivity contribution in [3.8, 4) is 11.4 Å². The minimum absolute atomic E-state index is 0.00536. The first-order valence-corrected chi connectivity index (χ1v) is 9.64. The Hall–Kier alpha value is -3.87. The zero-order valence-corrected chi connectivity index (χ0v) is 16.2. The number of Topliss-reactive ketones (excluding diaryl/α,β-unsaturated/α-hetero) is 1. The fraction of sp³-hybridized carbons (Fsp3) is 0.174. The van der Waals surface area contributed by atoms with Gasteiger partial charge in [-0.2, -0.15) is 0 Å². The van der Waals surface area contributed by atoms with E-state index in [1.807, 2.05) is 53.4 Å². The quantitative estimate of drug-likeness (QED) is 0.686. The zero-order valence-electron chi connectivity index (χ0n) is 16.2. The molecule has 1 aliphatic rings. The molecule has 3 aromatic rings. The van der Waals surface area contributed by atoms with Gasteiger partial charge < -0.3 is 19.5 Å². The number of anilines is 1. The highest BCUT2D eigenvalue weighted by Crippen LogP contribution is 2.23. The third-order valence-corrected chi connectivity index (χ3v) is 4.92. The van der Waals surface area contributed by atoms with Crippen molar-refractivity contribution in [1.29, 1.82) is 0 Å². The number of amides is 2. The van der Waals surface area contributed by atoms with Gasteiger partial charge in [0.1, 0.15) is 11.8 Å². The second-order valence-corrected chi connectivity index (χ2v) is 6.98. The number of likely N-dealkylation sites (tertiary alicyclic amines) is 1. The molecule has 1 aromatic heterocycles. The lowest BCUT2D eigenvalue weighted by atomic mass is 10.2. The number of ether oxygens (including phenoxy) is 1. The summed E-state index contributed by atoms with van der Waals surface area (Å²) in [6.07, 6.45) is 3.75. The molecule has 0 bridgehead atoms. The van der Waals surface area contributed by atoms with E-state index in [4.69, 9.17) is 4.74 Å². The van der Waals surface area contributed by atoms with Crippen LogP contribution >= 0.6 is 0 Å². The molecule has 1 N–H and O–H groups in total. The molecule has 2 aromatic carbocycles. The average Bonchev–Trinajstić information content (AvgIpc) is 3.43. The van der Waals surface area contributed by atoms with E-state index in [2.05, 4.69) is 5.32 Å². The molecule has 7 heteroatoms. The first-order chi connectivity index (χ1) is 14.6. The summed E-state index contributed by atoms with van der Waals surface area (Å²) < 4.78 is 7.37. The minimum atomic E-state index is -0.859. The predicted molar refractivity (Wildman–Crippen MR) is 111 cm³/mol. The molecule has 1 fully saturated rings. The molecule has 1 aliphatic heterocycles. The van der Waals surface area contributed by atoms with E-state index in [0.29, 0.717) is 11.4 Å². The maximum absolute atomic E-state index is 13.0. The van der Waals surface area contributed by atoms with Crippen LogP contribution in [0.3, 0.4) is 0 Å². The lowest BCUT2D eigenvalue weighted by Gasteiger charge is -2.23. The molecule has 4 rings (SSSR count). The first-order valence-electron chi connectivity index (χ1n) is 9.64. The average molecular weight is 403 g/mol. The maximum Gasteiger partial charge on any atom is 0.261 e. The molecule has 1 atom stereocenters. The monoisotopic (exact) mass is 403 g/mol. The van der Waals surface area contributed by atoms with Crippen LogP contribution in [-0.2, 0) is 14.4 Å². The van der Waals surface area contributed by atoms with Crippen LogP contribution in [0.5, 0.6) is 5.75 Å². The number of hydrogen-bond acceptors (Lipinski definition) is 4. The largest absolute Gasteiger partial charge is 0.484 e. The molecule has 0 unspecified atom stereocenters. The Morgan fingerprint density at radius 1 is 0.967 bits per heavy atom. The summed E-state index contributed by atoms with van der Waals surface area (Å²) in [6, 6.07) is 19.2. The SMILES string of the molecule is O=C1C[C@@H](C(=O)Nc2ccccc2-n2cccc2)N(C(=O)COc2ccccc2)C1. The van der Waals surface area contributed by atoms with Crippen molar-refractivity contribution in [2.75, 3.05) is 18.5 Å². The van der Waals surface area contributed by atoms with Crippen LogP contribution < -0.4 is 10.1 Å². The summed E-state index contributed by atoms with van der Waals surface area (Å²) >= 11 is 0. The summed E-state index contributed by atoms with van der Waals surface area (Å²) in [4.78, 5) is 38.9. The van der Waals surface area contributed by atoms with Crippen LogP contribution in [0.1, 0.15) is 6.42 Å². The molecule has 2 amide bonds. The highest BCUT2D eigenvalue weighted by atomic mass is 16.5. The Kier molecular flexibility index (Phi) is 5.61. The minimum Gasteiger partial charge on any atom is -0.484 e. The van der Waals surface area contributed by atoms with Crippen LogP contribution in [0.2, 0.25) is 0 Å². The van der Waals surface area contributed by atoms with Gasteiger partial charge in [-0.15, -0.1) is 0 Å². The van der Waals surface area contributed by atoms with Crippen LogP contribution in [0.15, 0.2) is 79.1 Å². The van der Waals surface area contributed by atoms with Crippen molar-refractivity contribution in [3.63, 3.8) is 0 Å². The van der Waals surface area contributed by atoms with Crippen molar-refractivity contribution in [3.05, 3.63) is 79.1 Å². The number of benzene rings is 2. The van der Waals surface area contributed by atoms with Gasteiger partial charge in [0.25, 0.3) is 5.91 Å². The molecule has 152 valence electrons. The number of para-hydroxylation sites is 3. The summed E-state index contributed by atoms with van der Waals surface area (Å²) in [6.45, 7) is -0.324. The third-order valence-electron chi connectivity index (χ3n) is 4.92. The third kappa shape index (κ3) is 4.25. The maximum atomic E-state index is 13.0. The Morgan fingerprint density at radius 3 is 2.43 bits per heavy atom. The Morgan fingerprint density at radius 2 is 1.67 bits per heavy atom. The molecule has 7 nitrogen and oxygen atoms in total. The van der Waals surface area contributed by atoms with E-state index in [1.165, 1.54) is 4.90 Å². The molecule has 2 heterocycles. The normalized spacial score (nSPS) is 15.8. The highest BCUT2D eigenvalue weighted by molar-refractivity contribution is 6.04. The molecule has 0 spiro atoms. The van der Waals surface area contributed by atoms with Gasteiger partial charge in [0.05, 0.1) is 17.9 Å². The number of hydrogen-bond donors (Lipinski definition) is 1. The molecule has 1 saturated heterocycles. The number of nitrogens with one attached hydrogen (secondary N) is 1. The second-order valence-electron chi connectivity index (χ2n) is 6.98. The standard InChI is InChI=1S/C23H21N3O4/c27-17-14-21(26(15-17)22(28)16-30-18-8-2-1-3-9-18)23(29)24-19-10-4-5-11-20(19)25-12-6-7-13-25/h1-13,21H,14-16H2,(H,24,29)/t21-/m0/s1. The van der Waals surface area contributed by atoms with Gasteiger partial charge in [-0.05, 0) is 36.4 Å². The van der Waals surface area contributed by atoms with Gasteiger partial charge in [-0.3, -0.25) is 14.4 Å². The first kappa shape index (κ1) is 19.4.